The number of carbonyl (C=O) groups excluding carboxylic acids is 2. The van der Waals surface area contributed by atoms with E-state index in [-0.39, 0.29) is 5.56 Å². The van der Waals surface area contributed by atoms with Gasteiger partial charge in [-0.15, -0.1) is 0 Å². The SMILES string of the molecule is COc1cc(NC(=O)C(F)(F)F)cc(C)c1OC(=O)C(F)(F)F. The van der Waals surface area contributed by atoms with Gasteiger partial charge in [-0.3, -0.25) is 4.79 Å². The maximum Gasteiger partial charge on any atom is 0.491 e. The summed E-state index contributed by atoms with van der Waals surface area (Å²) in [7, 11) is 0.995. The Kier molecular flexibility index (Phi) is 5.13. The molecule has 0 aromatic heterocycles. The number of nitrogens with one attached hydrogen (secondary N) is 1. The third kappa shape index (κ3) is 4.76. The Hall–Kier alpha value is -2.46. The zero-order valence-electron chi connectivity index (χ0n) is 11.6. The van der Waals surface area contributed by atoms with Crippen LogP contribution in [0.15, 0.2) is 12.1 Å². The summed E-state index contributed by atoms with van der Waals surface area (Å²) in [6, 6.07) is 1.68. The molecule has 0 spiro atoms. The van der Waals surface area contributed by atoms with Crippen LogP contribution in [0.1, 0.15) is 5.56 Å². The first kappa shape index (κ1) is 18.6. The van der Waals surface area contributed by atoms with Crippen LogP contribution in [0.2, 0.25) is 0 Å². The van der Waals surface area contributed by atoms with Gasteiger partial charge < -0.3 is 14.8 Å². The molecule has 0 saturated carbocycles. The smallest absolute Gasteiger partial charge is 0.491 e. The van der Waals surface area contributed by atoms with Crippen molar-refractivity contribution >= 4 is 17.6 Å². The molecule has 128 valence electrons. The molecule has 0 bridgehead atoms. The second-order valence-electron chi connectivity index (χ2n) is 4.16. The number of alkyl halides is 6. The second-order valence-corrected chi connectivity index (χ2v) is 4.16. The fourth-order valence-corrected chi connectivity index (χ4v) is 1.45. The number of carbonyl (C=O) groups is 2. The monoisotopic (exact) mass is 345 g/mol. The fraction of sp³-hybridized carbons (Fsp3) is 0.333. The summed E-state index contributed by atoms with van der Waals surface area (Å²) in [5.74, 6) is -5.88. The van der Waals surface area contributed by atoms with Crippen LogP contribution in [0.25, 0.3) is 0 Å². The summed E-state index contributed by atoms with van der Waals surface area (Å²) >= 11 is 0. The van der Waals surface area contributed by atoms with E-state index in [2.05, 4.69) is 9.47 Å². The number of methoxy groups -OCH3 is 1. The van der Waals surface area contributed by atoms with E-state index in [4.69, 9.17) is 0 Å². The molecule has 11 heteroatoms. The van der Waals surface area contributed by atoms with Crippen molar-refractivity contribution in [3.05, 3.63) is 17.7 Å². The van der Waals surface area contributed by atoms with Gasteiger partial charge in [-0.25, -0.2) is 4.79 Å². The molecule has 0 saturated heterocycles. The van der Waals surface area contributed by atoms with Gasteiger partial charge in [0.1, 0.15) is 0 Å². The number of anilines is 1. The van der Waals surface area contributed by atoms with Gasteiger partial charge in [0.15, 0.2) is 11.5 Å². The molecular formula is C12H9F6NO4. The Balaban J connectivity index is 3.13. The van der Waals surface area contributed by atoms with Crippen LogP contribution in [0, 0.1) is 6.92 Å². The largest absolute Gasteiger partial charge is 0.493 e. The zero-order chi connectivity index (χ0) is 18.0. The van der Waals surface area contributed by atoms with Crippen molar-refractivity contribution in [2.24, 2.45) is 0 Å². The number of esters is 1. The molecule has 1 amide bonds. The molecular weight excluding hydrogens is 336 g/mol. The Morgan fingerprint density at radius 2 is 1.61 bits per heavy atom. The Morgan fingerprint density at radius 1 is 1.04 bits per heavy atom. The van der Waals surface area contributed by atoms with Crippen molar-refractivity contribution in [2.45, 2.75) is 19.3 Å². The minimum atomic E-state index is -5.26. The lowest BCUT2D eigenvalue weighted by Crippen LogP contribution is -2.30. The second kappa shape index (κ2) is 6.34. The van der Waals surface area contributed by atoms with E-state index in [1.54, 1.807) is 0 Å². The van der Waals surface area contributed by atoms with E-state index >= 15 is 0 Å². The van der Waals surface area contributed by atoms with Crippen molar-refractivity contribution in [3.8, 4) is 11.5 Å². The predicted molar refractivity (Wildman–Crippen MR) is 64.1 cm³/mol. The van der Waals surface area contributed by atoms with Crippen LogP contribution in [-0.2, 0) is 9.59 Å². The van der Waals surface area contributed by atoms with Crippen LogP contribution in [0.4, 0.5) is 32.0 Å². The van der Waals surface area contributed by atoms with Gasteiger partial charge in [0, 0.05) is 11.8 Å². The van der Waals surface area contributed by atoms with E-state index in [0.29, 0.717) is 0 Å². The average molecular weight is 345 g/mol. The molecule has 0 aliphatic carbocycles. The third-order valence-corrected chi connectivity index (χ3v) is 2.40. The van der Waals surface area contributed by atoms with E-state index in [0.717, 1.165) is 26.2 Å². The zero-order valence-corrected chi connectivity index (χ0v) is 11.6. The van der Waals surface area contributed by atoms with Crippen LogP contribution >= 0.6 is 0 Å². The molecule has 5 nitrogen and oxygen atoms in total. The average Bonchev–Trinajstić information content (AvgIpc) is 2.38. The normalized spacial score (nSPS) is 11.8. The van der Waals surface area contributed by atoms with Crippen molar-refractivity contribution in [3.63, 3.8) is 0 Å². The molecule has 0 aliphatic rings. The molecule has 0 heterocycles. The van der Waals surface area contributed by atoms with Crippen molar-refractivity contribution in [1.82, 2.24) is 0 Å². The highest BCUT2D eigenvalue weighted by atomic mass is 19.4. The number of aryl methyl sites for hydroxylation is 1. The minimum absolute atomic E-state index is 0.153. The van der Waals surface area contributed by atoms with Gasteiger partial charge in [0.25, 0.3) is 0 Å². The number of hydrogen-bond acceptors (Lipinski definition) is 4. The predicted octanol–water partition coefficient (Wildman–Crippen LogP) is 2.97. The number of rotatable bonds is 3. The number of benzene rings is 1. The highest BCUT2D eigenvalue weighted by Crippen LogP contribution is 2.36. The topological polar surface area (TPSA) is 64.6 Å². The molecule has 0 fully saturated rings. The van der Waals surface area contributed by atoms with E-state index < -0.39 is 41.4 Å². The molecule has 1 aromatic carbocycles. The van der Waals surface area contributed by atoms with Crippen molar-refractivity contribution in [2.75, 3.05) is 12.4 Å². The lowest BCUT2D eigenvalue weighted by atomic mass is 10.1. The lowest BCUT2D eigenvalue weighted by Gasteiger charge is -2.15. The summed E-state index contributed by atoms with van der Waals surface area (Å²) in [5, 5.41) is 1.50. The van der Waals surface area contributed by atoms with Gasteiger partial charge in [-0.2, -0.15) is 26.3 Å². The Labute approximate surface area is 125 Å². The molecule has 1 rings (SSSR count). The number of hydrogen-bond donors (Lipinski definition) is 1. The van der Waals surface area contributed by atoms with E-state index in [1.165, 1.54) is 5.32 Å². The molecule has 0 unspecified atom stereocenters. The molecule has 23 heavy (non-hydrogen) atoms. The van der Waals surface area contributed by atoms with Gasteiger partial charge in [-0.05, 0) is 18.6 Å². The molecule has 1 aromatic rings. The molecule has 1 N–H and O–H groups in total. The highest BCUT2D eigenvalue weighted by Gasteiger charge is 2.42. The Morgan fingerprint density at radius 3 is 2.04 bits per heavy atom. The van der Waals surface area contributed by atoms with Crippen LogP contribution in [-0.4, -0.2) is 31.3 Å². The van der Waals surface area contributed by atoms with Crippen LogP contribution in [0.5, 0.6) is 11.5 Å². The molecule has 0 aliphatic heterocycles. The quantitative estimate of drug-likeness (QED) is 0.520. The summed E-state index contributed by atoms with van der Waals surface area (Å²) in [6.45, 7) is 1.16. The molecule has 0 radical (unpaired) electrons. The highest BCUT2D eigenvalue weighted by molar-refractivity contribution is 5.95. The first-order valence-electron chi connectivity index (χ1n) is 5.72. The maximum atomic E-state index is 12.2. The number of amides is 1. The van der Waals surface area contributed by atoms with Crippen LogP contribution < -0.4 is 14.8 Å². The van der Waals surface area contributed by atoms with Gasteiger partial charge in [0.05, 0.1) is 7.11 Å². The lowest BCUT2D eigenvalue weighted by molar-refractivity contribution is -0.189. The molecule has 0 atom stereocenters. The van der Waals surface area contributed by atoms with Crippen LogP contribution in [0.3, 0.4) is 0 Å². The van der Waals surface area contributed by atoms with E-state index in [9.17, 15) is 35.9 Å². The Bertz CT molecular complexity index is 623. The summed E-state index contributed by atoms with van der Waals surface area (Å²) in [4.78, 5) is 21.7. The summed E-state index contributed by atoms with van der Waals surface area (Å²) < 4.78 is 81.9. The first-order chi connectivity index (χ1) is 10.4. The maximum absolute atomic E-state index is 12.2. The first-order valence-corrected chi connectivity index (χ1v) is 5.72. The van der Waals surface area contributed by atoms with E-state index in [1.807, 2.05) is 0 Å². The standard InChI is InChI=1S/C12H9F6NO4/c1-5-3-6(19-9(20)11(13,14)15)4-7(22-2)8(5)23-10(21)12(16,17)18/h3-4H,1-2H3,(H,19,20). The van der Waals surface area contributed by atoms with Crippen molar-refractivity contribution < 1.29 is 45.4 Å². The third-order valence-electron chi connectivity index (χ3n) is 2.40. The fourth-order valence-electron chi connectivity index (χ4n) is 1.45. The van der Waals surface area contributed by atoms with Crippen molar-refractivity contribution in [1.29, 1.82) is 0 Å². The van der Waals surface area contributed by atoms with Gasteiger partial charge in [0.2, 0.25) is 0 Å². The van der Waals surface area contributed by atoms with Gasteiger partial charge in [-0.1, -0.05) is 0 Å². The summed E-state index contributed by atoms with van der Waals surface area (Å²) in [6.07, 6.45) is -10.4. The number of ether oxygens (including phenoxy) is 2. The summed E-state index contributed by atoms with van der Waals surface area (Å²) in [5.41, 5.74) is -0.548. The number of halogens is 6. The minimum Gasteiger partial charge on any atom is -0.493 e. The van der Waals surface area contributed by atoms with Gasteiger partial charge >= 0.3 is 24.2 Å².